The Kier molecular flexibility index (Phi) is 4.69. The second-order valence-electron chi connectivity index (χ2n) is 5.08. The molecule has 1 aromatic rings. The summed E-state index contributed by atoms with van der Waals surface area (Å²) >= 11 is 5.83. The second-order valence-corrected chi connectivity index (χ2v) is 5.52. The number of halogens is 1. The minimum atomic E-state index is -1.10. The summed E-state index contributed by atoms with van der Waals surface area (Å²) in [6.45, 7) is 0.418. The zero-order chi connectivity index (χ0) is 15.5. The van der Waals surface area contributed by atoms with E-state index in [4.69, 9.17) is 21.4 Å². The van der Waals surface area contributed by atoms with Gasteiger partial charge in [0, 0.05) is 24.4 Å². The zero-order valence-electron chi connectivity index (χ0n) is 11.6. The number of hydrogen-bond donors (Lipinski definition) is 3. The standard InChI is InChI=1S/C14H17ClN2O4/c1-21-14(3-2-4-14)8-16-13(20)17-11-6-9(12(18)19)5-10(15)7-11/h5-7H,2-4,8H2,1H3,(H,18,19)(H2,16,17,20). The first-order valence-corrected chi connectivity index (χ1v) is 6.96. The molecule has 0 saturated heterocycles. The summed E-state index contributed by atoms with van der Waals surface area (Å²) in [5.74, 6) is -1.10. The fourth-order valence-electron chi connectivity index (χ4n) is 2.23. The summed E-state index contributed by atoms with van der Waals surface area (Å²) in [5, 5.41) is 14.5. The van der Waals surface area contributed by atoms with Crippen LogP contribution in [0.5, 0.6) is 0 Å². The number of amides is 2. The maximum Gasteiger partial charge on any atom is 0.335 e. The highest BCUT2D eigenvalue weighted by Gasteiger charge is 2.37. The number of ether oxygens (including phenoxy) is 1. The van der Waals surface area contributed by atoms with Crippen LogP contribution in [0.25, 0.3) is 0 Å². The third-order valence-corrected chi connectivity index (χ3v) is 3.89. The average Bonchev–Trinajstić information content (AvgIpc) is 2.37. The van der Waals surface area contributed by atoms with Crippen LogP contribution in [0.1, 0.15) is 29.6 Å². The topological polar surface area (TPSA) is 87.7 Å². The van der Waals surface area contributed by atoms with Gasteiger partial charge in [-0.1, -0.05) is 11.6 Å². The number of nitrogens with one attached hydrogen (secondary N) is 2. The number of hydrogen-bond acceptors (Lipinski definition) is 3. The van der Waals surface area contributed by atoms with Crippen LogP contribution < -0.4 is 10.6 Å². The van der Waals surface area contributed by atoms with Crippen molar-refractivity contribution in [3.63, 3.8) is 0 Å². The third kappa shape index (κ3) is 3.86. The Morgan fingerprint density at radius 3 is 2.62 bits per heavy atom. The SMILES string of the molecule is COC1(CNC(=O)Nc2cc(Cl)cc(C(=O)O)c2)CCC1. The number of benzene rings is 1. The molecule has 3 N–H and O–H groups in total. The summed E-state index contributed by atoms with van der Waals surface area (Å²) in [4.78, 5) is 22.8. The molecular formula is C14H17ClN2O4. The highest BCUT2D eigenvalue weighted by Crippen LogP contribution is 2.34. The quantitative estimate of drug-likeness (QED) is 0.780. The van der Waals surface area contributed by atoms with Crippen molar-refractivity contribution in [1.29, 1.82) is 0 Å². The van der Waals surface area contributed by atoms with E-state index in [1.54, 1.807) is 7.11 Å². The van der Waals surface area contributed by atoms with Gasteiger partial charge in [0.1, 0.15) is 0 Å². The number of methoxy groups -OCH3 is 1. The molecule has 0 radical (unpaired) electrons. The van der Waals surface area contributed by atoms with Crippen LogP contribution in [0.15, 0.2) is 18.2 Å². The normalized spacial score (nSPS) is 15.9. The minimum absolute atomic E-state index is 0.0187. The summed E-state index contributed by atoms with van der Waals surface area (Å²) in [7, 11) is 1.63. The van der Waals surface area contributed by atoms with Gasteiger partial charge in [-0.15, -0.1) is 0 Å². The molecule has 6 nitrogen and oxygen atoms in total. The number of carbonyl (C=O) groups excluding carboxylic acids is 1. The Bertz CT molecular complexity index is 552. The fourth-order valence-corrected chi connectivity index (χ4v) is 2.46. The van der Waals surface area contributed by atoms with E-state index in [1.807, 2.05) is 0 Å². The van der Waals surface area contributed by atoms with Gasteiger partial charge in [-0.25, -0.2) is 9.59 Å². The van der Waals surface area contributed by atoms with Gasteiger partial charge in [-0.2, -0.15) is 0 Å². The molecule has 114 valence electrons. The molecule has 0 aromatic heterocycles. The molecule has 0 unspecified atom stereocenters. The average molecular weight is 313 g/mol. The molecule has 7 heteroatoms. The van der Waals surface area contributed by atoms with Crippen molar-refractivity contribution in [1.82, 2.24) is 5.32 Å². The van der Waals surface area contributed by atoms with E-state index in [0.29, 0.717) is 12.2 Å². The molecule has 2 rings (SSSR count). The van der Waals surface area contributed by atoms with E-state index >= 15 is 0 Å². The Hall–Kier alpha value is -1.79. The maximum atomic E-state index is 11.8. The zero-order valence-corrected chi connectivity index (χ0v) is 12.4. The van der Waals surface area contributed by atoms with E-state index in [2.05, 4.69) is 10.6 Å². The van der Waals surface area contributed by atoms with Crippen LogP contribution in [0.3, 0.4) is 0 Å². The number of rotatable bonds is 5. The molecule has 1 aliphatic carbocycles. The van der Waals surface area contributed by atoms with Gasteiger partial charge in [0.15, 0.2) is 0 Å². The molecule has 0 aliphatic heterocycles. The van der Waals surface area contributed by atoms with Crippen molar-refractivity contribution in [2.45, 2.75) is 24.9 Å². The molecule has 0 spiro atoms. The number of anilines is 1. The van der Waals surface area contributed by atoms with Crippen LogP contribution in [0.2, 0.25) is 5.02 Å². The minimum Gasteiger partial charge on any atom is -0.478 e. The molecule has 1 aliphatic rings. The number of urea groups is 1. The molecule has 0 bridgehead atoms. The molecule has 0 atom stereocenters. The largest absolute Gasteiger partial charge is 0.478 e. The van der Waals surface area contributed by atoms with Gasteiger partial charge in [-0.3, -0.25) is 0 Å². The molecule has 1 aromatic carbocycles. The Morgan fingerprint density at radius 1 is 1.38 bits per heavy atom. The lowest BCUT2D eigenvalue weighted by Crippen LogP contribution is -2.50. The van der Waals surface area contributed by atoms with Gasteiger partial charge in [0.25, 0.3) is 0 Å². The van der Waals surface area contributed by atoms with Crippen LogP contribution in [-0.4, -0.2) is 36.4 Å². The Labute approximate surface area is 127 Å². The van der Waals surface area contributed by atoms with E-state index in [-0.39, 0.29) is 16.2 Å². The molecule has 21 heavy (non-hydrogen) atoms. The fraction of sp³-hybridized carbons (Fsp3) is 0.429. The molecule has 2 amide bonds. The molecule has 0 heterocycles. The van der Waals surface area contributed by atoms with Crippen molar-refractivity contribution < 1.29 is 19.4 Å². The Balaban J connectivity index is 1.95. The van der Waals surface area contributed by atoms with Crippen molar-refractivity contribution in [2.75, 3.05) is 19.0 Å². The highest BCUT2D eigenvalue weighted by molar-refractivity contribution is 6.31. The summed E-state index contributed by atoms with van der Waals surface area (Å²) in [6, 6.07) is 3.74. The van der Waals surface area contributed by atoms with Crippen molar-refractivity contribution >= 4 is 29.3 Å². The van der Waals surface area contributed by atoms with Crippen LogP contribution in [-0.2, 0) is 4.74 Å². The lowest BCUT2D eigenvalue weighted by atomic mass is 9.80. The Morgan fingerprint density at radius 2 is 2.10 bits per heavy atom. The molecule has 1 fully saturated rings. The highest BCUT2D eigenvalue weighted by atomic mass is 35.5. The second kappa shape index (κ2) is 6.32. The van der Waals surface area contributed by atoms with Crippen molar-refractivity contribution in [3.8, 4) is 0 Å². The first-order chi connectivity index (χ1) is 9.94. The van der Waals surface area contributed by atoms with Gasteiger partial charge >= 0.3 is 12.0 Å². The van der Waals surface area contributed by atoms with E-state index in [9.17, 15) is 9.59 Å². The number of carbonyl (C=O) groups is 2. The lowest BCUT2D eigenvalue weighted by molar-refractivity contribution is -0.0671. The van der Waals surface area contributed by atoms with E-state index in [1.165, 1.54) is 18.2 Å². The first kappa shape index (κ1) is 15.6. The van der Waals surface area contributed by atoms with Gasteiger partial charge in [0.2, 0.25) is 0 Å². The predicted molar refractivity (Wildman–Crippen MR) is 79.0 cm³/mol. The number of carboxylic acids is 1. The lowest BCUT2D eigenvalue weighted by Gasteiger charge is -2.40. The van der Waals surface area contributed by atoms with Crippen LogP contribution in [0, 0.1) is 0 Å². The van der Waals surface area contributed by atoms with Gasteiger partial charge in [-0.05, 0) is 37.5 Å². The van der Waals surface area contributed by atoms with E-state index < -0.39 is 12.0 Å². The summed E-state index contributed by atoms with van der Waals surface area (Å²) in [6.07, 6.45) is 2.93. The summed E-state index contributed by atoms with van der Waals surface area (Å²) < 4.78 is 5.40. The van der Waals surface area contributed by atoms with Crippen molar-refractivity contribution in [2.24, 2.45) is 0 Å². The maximum absolute atomic E-state index is 11.8. The van der Waals surface area contributed by atoms with E-state index in [0.717, 1.165) is 19.3 Å². The van der Waals surface area contributed by atoms with Crippen molar-refractivity contribution in [3.05, 3.63) is 28.8 Å². The first-order valence-electron chi connectivity index (χ1n) is 6.58. The summed E-state index contributed by atoms with van der Waals surface area (Å²) in [5.41, 5.74) is 0.0837. The number of aromatic carboxylic acids is 1. The molecular weight excluding hydrogens is 296 g/mol. The monoisotopic (exact) mass is 312 g/mol. The molecule has 1 saturated carbocycles. The number of carboxylic acid groups (broad SMARTS) is 1. The van der Waals surface area contributed by atoms with Crippen LogP contribution in [0.4, 0.5) is 10.5 Å². The van der Waals surface area contributed by atoms with Crippen LogP contribution >= 0.6 is 11.6 Å². The van der Waals surface area contributed by atoms with Gasteiger partial charge in [0.05, 0.1) is 11.2 Å². The predicted octanol–water partition coefficient (Wildman–Crippen LogP) is 2.73. The van der Waals surface area contributed by atoms with Gasteiger partial charge < -0.3 is 20.5 Å². The third-order valence-electron chi connectivity index (χ3n) is 3.67. The smallest absolute Gasteiger partial charge is 0.335 e.